The Kier molecular flexibility index (Phi) is 8.28. The summed E-state index contributed by atoms with van der Waals surface area (Å²) in [6, 6.07) is 18.7. The molecule has 4 rings (SSSR count). The van der Waals surface area contributed by atoms with E-state index >= 15 is 0 Å². The number of carbonyl (C=O) groups excluding carboxylic acids is 2. The minimum atomic E-state index is -0.583. The lowest BCUT2D eigenvalue weighted by Gasteiger charge is -2.29. The summed E-state index contributed by atoms with van der Waals surface area (Å²) >= 11 is 14.0. The van der Waals surface area contributed by atoms with E-state index in [1.54, 1.807) is 24.3 Å². The number of thiocarbonyl (C=S) groups is 1. The van der Waals surface area contributed by atoms with E-state index < -0.39 is 11.8 Å². The van der Waals surface area contributed by atoms with Crippen molar-refractivity contribution in [1.29, 1.82) is 0 Å². The first kappa shape index (κ1) is 26.1. The lowest BCUT2D eigenvalue weighted by Crippen LogP contribution is -2.54. The summed E-state index contributed by atoms with van der Waals surface area (Å²) in [6.45, 7) is 2.35. The van der Waals surface area contributed by atoms with Crippen molar-refractivity contribution in [3.8, 4) is 11.5 Å². The molecule has 1 heterocycles. The van der Waals surface area contributed by atoms with Crippen molar-refractivity contribution >= 4 is 75.1 Å². The first-order valence-electron chi connectivity index (χ1n) is 11.1. The maximum Gasteiger partial charge on any atom is 0.270 e. The second kappa shape index (κ2) is 11.4. The van der Waals surface area contributed by atoms with Crippen LogP contribution >= 0.6 is 46.4 Å². The number of amides is 2. The summed E-state index contributed by atoms with van der Waals surface area (Å²) in [4.78, 5) is 27.3. The van der Waals surface area contributed by atoms with Crippen molar-refractivity contribution in [1.82, 2.24) is 5.32 Å². The molecule has 0 atom stereocenters. The van der Waals surface area contributed by atoms with E-state index in [1.807, 2.05) is 43.3 Å². The van der Waals surface area contributed by atoms with Crippen molar-refractivity contribution in [3.63, 3.8) is 0 Å². The van der Waals surface area contributed by atoms with Gasteiger partial charge in [-0.15, -0.1) is 0 Å². The fourth-order valence-corrected chi connectivity index (χ4v) is 4.55. The molecular formula is C27H22ClIN2O4S. The summed E-state index contributed by atoms with van der Waals surface area (Å²) in [6.07, 6.45) is 2.33. The lowest BCUT2D eigenvalue weighted by atomic mass is 10.1. The number of hydrogen-bond acceptors (Lipinski definition) is 5. The summed E-state index contributed by atoms with van der Waals surface area (Å²) in [5.74, 6) is -0.355. The fourth-order valence-electron chi connectivity index (χ4n) is 3.64. The third-order valence-electron chi connectivity index (χ3n) is 5.56. The van der Waals surface area contributed by atoms with Crippen molar-refractivity contribution in [2.75, 3.05) is 12.0 Å². The predicted octanol–water partition coefficient (Wildman–Crippen LogP) is 5.93. The van der Waals surface area contributed by atoms with Crippen LogP contribution in [-0.2, 0) is 22.6 Å². The number of anilines is 1. The van der Waals surface area contributed by atoms with Gasteiger partial charge in [0.15, 0.2) is 16.6 Å². The normalized spacial score (nSPS) is 14.7. The minimum Gasteiger partial charge on any atom is -0.493 e. The molecule has 1 N–H and O–H groups in total. The standard InChI is InChI=1S/C27H22ClIN2O4S/c1-3-16-6-10-20(11-7-16)31-26(33)21(25(32)30-27(31)36)12-18-13-22(28)24(23(14-18)34-2)35-15-17-4-8-19(29)9-5-17/h4-14H,3,15H2,1-2H3,(H,30,32,36)/b21-12+. The van der Waals surface area contributed by atoms with E-state index in [0.29, 0.717) is 29.4 Å². The molecule has 1 aliphatic rings. The van der Waals surface area contributed by atoms with Crippen molar-refractivity contribution in [2.45, 2.75) is 20.0 Å². The molecule has 0 aliphatic carbocycles. The van der Waals surface area contributed by atoms with Gasteiger partial charge in [-0.25, -0.2) is 0 Å². The Balaban J connectivity index is 1.62. The van der Waals surface area contributed by atoms with Gasteiger partial charge in [0.25, 0.3) is 11.8 Å². The van der Waals surface area contributed by atoms with E-state index in [9.17, 15) is 9.59 Å². The smallest absolute Gasteiger partial charge is 0.270 e. The average Bonchev–Trinajstić information content (AvgIpc) is 2.87. The van der Waals surface area contributed by atoms with E-state index in [4.69, 9.17) is 33.3 Å². The van der Waals surface area contributed by atoms with Crippen LogP contribution in [0.2, 0.25) is 5.02 Å². The number of rotatable bonds is 7. The molecule has 1 fully saturated rings. The van der Waals surface area contributed by atoms with Crippen LogP contribution in [0.3, 0.4) is 0 Å². The molecule has 36 heavy (non-hydrogen) atoms. The Morgan fingerprint density at radius 2 is 1.72 bits per heavy atom. The van der Waals surface area contributed by atoms with Gasteiger partial charge in [0.2, 0.25) is 0 Å². The zero-order valence-electron chi connectivity index (χ0n) is 19.5. The number of carbonyl (C=O) groups is 2. The van der Waals surface area contributed by atoms with Crippen LogP contribution in [0, 0.1) is 3.57 Å². The summed E-state index contributed by atoms with van der Waals surface area (Å²) in [5, 5.41) is 2.91. The zero-order valence-corrected chi connectivity index (χ0v) is 23.2. The minimum absolute atomic E-state index is 0.0290. The average molecular weight is 633 g/mol. The molecule has 0 unspecified atom stereocenters. The Labute approximate surface area is 233 Å². The molecule has 1 saturated heterocycles. The Morgan fingerprint density at radius 1 is 1.06 bits per heavy atom. The van der Waals surface area contributed by atoms with Crippen LogP contribution in [0.4, 0.5) is 5.69 Å². The van der Waals surface area contributed by atoms with Gasteiger partial charge < -0.3 is 9.47 Å². The highest BCUT2D eigenvalue weighted by Gasteiger charge is 2.34. The third kappa shape index (κ3) is 5.71. The molecule has 0 spiro atoms. The number of hydrogen-bond donors (Lipinski definition) is 1. The summed E-state index contributed by atoms with van der Waals surface area (Å²) < 4.78 is 12.5. The molecule has 0 bridgehead atoms. The highest BCUT2D eigenvalue weighted by atomic mass is 127. The lowest BCUT2D eigenvalue weighted by molar-refractivity contribution is -0.122. The summed E-state index contributed by atoms with van der Waals surface area (Å²) in [7, 11) is 1.50. The molecule has 184 valence electrons. The highest BCUT2D eigenvalue weighted by molar-refractivity contribution is 14.1. The predicted molar refractivity (Wildman–Crippen MR) is 154 cm³/mol. The molecule has 6 nitrogen and oxygen atoms in total. The quantitative estimate of drug-likeness (QED) is 0.152. The number of benzene rings is 3. The molecule has 2 amide bonds. The fraction of sp³-hybridized carbons (Fsp3) is 0.148. The molecular weight excluding hydrogens is 611 g/mol. The van der Waals surface area contributed by atoms with Gasteiger partial charge in [-0.3, -0.25) is 19.8 Å². The number of halogens is 2. The van der Waals surface area contributed by atoms with E-state index in [0.717, 1.165) is 21.1 Å². The second-order valence-electron chi connectivity index (χ2n) is 7.93. The van der Waals surface area contributed by atoms with Gasteiger partial charge in [0.1, 0.15) is 12.2 Å². The Morgan fingerprint density at radius 3 is 2.36 bits per heavy atom. The maximum absolute atomic E-state index is 13.3. The number of methoxy groups -OCH3 is 1. The van der Waals surface area contributed by atoms with Crippen molar-refractivity contribution in [2.24, 2.45) is 0 Å². The van der Waals surface area contributed by atoms with E-state index in [1.165, 1.54) is 18.1 Å². The first-order chi connectivity index (χ1) is 17.3. The van der Waals surface area contributed by atoms with E-state index in [-0.39, 0.29) is 15.7 Å². The van der Waals surface area contributed by atoms with Gasteiger partial charge in [0.05, 0.1) is 17.8 Å². The van der Waals surface area contributed by atoms with Gasteiger partial charge in [0, 0.05) is 3.57 Å². The number of nitrogens with one attached hydrogen (secondary N) is 1. The van der Waals surface area contributed by atoms with Gasteiger partial charge in [-0.1, -0.05) is 42.8 Å². The topological polar surface area (TPSA) is 67.9 Å². The van der Waals surface area contributed by atoms with Gasteiger partial charge in [-0.05, 0) is 100 Å². The van der Waals surface area contributed by atoms with Gasteiger partial charge >= 0.3 is 0 Å². The molecule has 3 aromatic rings. The molecule has 1 aliphatic heterocycles. The Hall–Kier alpha value is -2.95. The van der Waals surface area contributed by atoms with Crippen molar-refractivity contribution < 1.29 is 19.1 Å². The van der Waals surface area contributed by atoms with Crippen molar-refractivity contribution in [3.05, 3.63) is 91.5 Å². The largest absolute Gasteiger partial charge is 0.493 e. The number of ether oxygens (including phenoxy) is 2. The monoisotopic (exact) mass is 632 g/mol. The number of aryl methyl sites for hydroxylation is 1. The summed E-state index contributed by atoms with van der Waals surface area (Å²) in [5.41, 5.74) is 3.11. The van der Waals surface area contributed by atoms with Crippen LogP contribution in [0.5, 0.6) is 11.5 Å². The number of nitrogens with zero attached hydrogens (tertiary/aromatic N) is 1. The second-order valence-corrected chi connectivity index (χ2v) is 9.97. The Bertz CT molecular complexity index is 1360. The SMILES string of the molecule is CCc1ccc(N2C(=O)/C(=C/c3cc(Cl)c(OCc4ccc(I)cc4)c(OC)c3)C(=O)NC2=S)cc1. The zero-order chi connectivity index (χ0) is 25.8. The molecule has 0 radical (unpaired) electrons. The van der Waals surface area contributed by atoms with Gasteiger partial charge in [-0.2, -0.15) is 0 Å². The third-order valence-corrected chi connectivity index (χ3v) is 6.85. The van der Waals surface area contributed by atoms with Crippen LogP contribution in [-0.4, -0.2) is 24.0 Å². The molecule has 0 saturated carbocycles. The first-order valence-corrected chi connectivity index (χ1v) is 12.9. The van der Waals surface area contributed by atoms with E-state index in [2.05, 4.69) is 27.9 Å². The molecule has 9 heteroatoms. The van der Waals surface area contributed by atoms with Crippen LogP contribution in [0.25, 0.3) is 6.08 Å². The highest BCUT2D eigenvalue weighted by Crippen LogP contribution is 2.38. The molecule has 0 aromatic heterocycles. The van der Waals surface area contributed by atoms with Crippen LogP contribution in [0.15, 0.2) is 66.2 Å². The van der Waals surface area contributed by atoms with Crippen LogP contribution in [0.1, 0.15) is 23.6 Å². The van der Waals surface area contributed by atoms with Crippen LogP contribution < -0.4 is 19.7 Å². The molecule has 3 aromatic carbocycles. The maximum atomic E-state index is 13.3.